The Morgan fingerprint density at radius 1 is 1.12 bits per heavy atom. The van der Waals surface area contributed by atoms with E-state index in [2.05, 4.69) is 0 Å². The van der Waals surface area contributed by atoms with Gasteiger partial charge in [0, 0.05) is 17.4 Å². The Labute approximate surface area is 149 Å². The van der Waals surface area contributed by atoms with Gasteiger partial charge in [-0.3, -0.25) is 0 Å². The summed E-state index contributed by atoms with van der Waals surface area (Å²) in [4.78, 5) is 12.3. The fourth-order valence-electron chi connectivity index (χ4n) is 2.94. The van der Waals surface area contributed by atoms with Crippen LogP contribution in [0.25, 0.3) is 10.9 Å². The van der Waals surface area contributed by atoms with Crippen LogP contribution in [0.2, 0.25) is 0 Å². The predicted octanol–water partition coefficient (Wildman–Crippen LogP) is 5.19. The summed E-state index contributed by atoms with van der Waals surface area (Å²) >= 11 is 0. The third-order valence-electron chi connectivity index (χ3n) is 4.14. The maximum absolute atomic E-state index is 13.0. The maximum Gasteiger partial charge on any atom is 0.416 e. The summed E-state index contributed by atoms with van der Waals surface area (Å²) in [7, 11) is 0. The topological polar surface area (TPSA) is 31.2 Å². The predicted molar refractivity (Wildman–Crippen MR) is 93.2 cm³/mol. The Hall–Kier alpha value is -2.76. The van der Waals surface area contributed by atoms with Gasteiger partial charge in [-0.15, -0.1) is 0 Å². The molecule has 0 aliphatic heterocycles. The van der Waals surface area contributed by atoms with Crippen LogP contribution in [0.3, 0.4) is 0 Å². The standard InChI is InChI=1S/C20H18F3NO2/c1-3-26-19(25)18-11-15-8-7-13(2)9-17(15)24(18)12-14-5-4-6-16(10-14)20(21,22)23/h4-11H,3,12H2,1-2H3. The van der Waals surface area contributed by atoms with E-state index < -0.39 is 17.7 Å². The molecule has 0 bridgehead atoms. The lowest BCUT2D eigenvalue weighted by molar-refractivity contribution is -0.137. The quantitative estimate of drug-likeness (QED) is 0.599. The molecule has 1 aromatic heterocycles. The number of nitrogens with zero attached hydrogens (tertiary/aromatic N) is 1. The second kappa shape index (κ2) is 6.86. The number of esters is 1. The van der Waals surface area contributed by atoms with Crippen LogP contribution in [0.4, 0.5) is 13.2 Å². The van der Waals surface area contributed by atoms with Gasteiger partial charge in [-0.1, -0.05) is 24.3 Å². The molecule has 0 radical (unpaired) electrons. The Morgan fingerprint density at radius 3 is 2.58 bits per heavy atom. The van der Waals surface area contributed by atoms with Crippen molar-refractivity contribution in [1.82, 2.24) is 4.57 Å². The average Bonchev–Trinajstić information content (AvgIpc) is 2.93. The van der Waals surface area contributed by atoms with E-state index in [4.69, 9.17) is 4.74 Å². The summed E-state index contributed by atoms with van der Waals surface area (Å²) in [6.07, 6.45) is -4.41. The zero-order valence-electron chi connectivity index (χ0n) is 14.4. The lowest BCUT2D eigenvalue weighted by Crippen LogP contribution is -2.13. The number of fused-ring (bicyclic) bond motifs is 1. The minimum Gasteiger partial charge on any atom is -0.461 e. The van der Waals surface area contributed by atoms with Crippen molar-refractivity contribution in [2.45, 2.75) is 26.6 Å². The Kier molecular flexibility index (Phi) is 4.76. The molecule has 3 nitrogen and oxygen atoms in total. The molecule has 0 aliphatic rings. The number of carbonyl (C=O) groups is 1. The van der Waals surface area contributed by atoms with Crippen LogP contribution in [0, 0.1) is 6.92 Å². The lowest BCUT2D eigenvalue weighted by Gasteiger charge is -2.13. The molecule has 0 amide bonds. The van der Waals surface area contributed by atoms with Gasteiger partial charge < -0.3 is 9.30 Å². The van der Waals surface area contributed by atoms with Crippen LogP contribution in [-0.2, 0) is 17.5 Å². The molecule has 3 aromatic rings. The van der Waals surface area contributed by atoms with Crippen molar-refractivity contribution in [2.75, 3.05) is 6.61 Å². The minimum atomic E-state index is -4.41. The molecule has 0 spiro atoms. The number of ether oxygens (including phenoxy) is 1. The van der Waals surface area contributed by atoms with E-state index in [9.17, 15) is 18.0 Å². The molecule has 2 aromatic carbocycles. The number of carbonyl (C=O) groups excluding carboxylic acids is 1. The highest BCUT2D eigenvalue weighted by Crippen LogP contribution is 2.30. The number of rotatable bonds is 4. The molecule has 0 saturated heterocycles. The number of aromatic nitrogens is 1. The molecular formula is C20H18F3NO2. The van der Waals surface area contributed by atoms with Gasteiger partial charge in [-0.2, -0.15) is 13.2 Å². The monoisotopic (exact) mass is 361 g/mol. The first-order valence-electron chi connectivity index (χ1n) is 8.22. The van der Waals surface area contributed by atoms with E-state index in [-0.39, 0.29) is 13.2 Å². The van der Waals surface area contributed by atoms with Crippen molar-refractivity contribution in [3.8, 4) is 0 Å². The number of benzene rings is 2. The normalized spacial score (nSPS) is 11.7. The fourth-order valence-corrected chi connectivity index (χ4v) is 2.94. The van der Waals surface area contributed by atoms with Crippen LogP contribution in [0.5, 0.6) is 0 Å². The zero-order valence-corrected chi connectivity index (χ0v) is 14.4. The SMILES string of the molecule is CCOC(=O)c1cc2ccc(C)cc2n1Cc1cccc(C(F)(F)F)c1. The minimum absolute atomic E-state index is 0.144. The van der Waals surface area contributed by atoms with Crippen molar-refractivity contribution in [3.05, 3.63) is 70.9 Å². The average molecular weight is 361 g/mol. The van der Waals surface area contributed by atoms with Gasteiger partial charge in [0.2, 0.25) is 0 Å². The first kappa shape index (κ1) is 18.0. The third-order valence-corrected chi connectivity index (χ3v) is 4.14. The van der Waals surface area contributed by atoms with Crippen molar-refractivity contribution in [1.29, 1.82) is 0 Å². The van der Waals surface area contributed by atoms with Gasteiger partial charge in [-0.05, 0) is 49.2 Å². The second-order valence-electron chi connectivity index (χ2n) is 6.10. The number of hydrogen-bond acceptors (Lipinski definition) is 2. The van der Waals surface area contributed by atoms with Crippen LogP contribution >= 0.6 is 0 Å². The molecule has 0 fully saturated rings. The van der Waals surface area contributed by atoms with Crippen LogP contribution in [0.15, 0.2) is 48.5 Å². The van der Waals surface area contributed by atoms with Gasteiger partial charge in [0.05, 0.1) is 12.2 Å². The van der Waals surface area contributed by atoms with Crippen molar-refractivity contribution < 1.29 is 22.7 Å². The summed E-state index contributed by atoms with van der Waals surface area (Å²) in [5.74, 6) is -0.492. The molecular weight excluding hydrogens is 343 g/mol. The number of halogens is 3. The summed E-state index contributed by atoms with van der Waals surface area (Å²) in [5.41, 5.74) is 1.86. The van der Waals surface area contributed by atoms with Crippen molar-refractivity contribution in [3.63, 3.8) is 0 Å². The molecule has 0 unspecified atom stereocenters. The van der Waals surface area contributed by atoms with E-state index in [0.29, 0.717) is 11.3 Å². The van der Waals surface area contributed by atoms with Gasteiger partial charge in [0.1, 0.15) is 5.69 Å². The van der Waals surface area contributed by atoms with E-state index in [1.807, 2.05) is 25.1 Å². The Morgan fingerprint density at radius 2 is 1.88 bits per heavy atom. The van der Waals surface area contributed by atoms with E-state index in [1.165, 1.54) is 6.07 Å². The molecule has 3 rings (SSSR count). The largest absolute Gasteiger partial charge is 0.461 e. The highest BCUT2D eigenvalue weighted by atomic mass is 19.4. The molecule has 6 heteroatoms. The third kappa shape index (κ3) is 3.59. The highest BCUT2D eigenvalue weighted by Gasteiger charge is 2.30. The van der Waals surface area contributed by atoms with Crippen LogP contribution < -0.4 is 0 Å². The number of hydrogen-bond donors (Lipinski definition) is 0. The van der Waals surface area contributed by atoms with Gasteiger partial charge in [0.15, 0.2) is 0 Å². The summed E-state index contributed by atoms with van der Waals surface area (Å²) in [6, 6.07) is 12.6. The van der Waals surface area contributed by atoms with Gasteiger partial charge >= 0.3 is 12.1 Å². The van der Waals surface area contributed by atoms with Gasteiger partial charge in [-0.25, -0.2) is 4.79 Å². The maximum atomic E-state index is 13.0. The zero-order chi connectivity index (χ0) is 18.9. The van der Waals surface area contributed by atoms with E-state index >= 15 is 0 Å². The van der Waals surface area contributed by atoms with Crippen molar-refractivity contribution in [2.24, 2.45) is 0 Å². The molecule has 26 heavy (non-hydrogen) atoms. The molecule has 0 aliphatic carbocycles. The first-order chi connectivity index (χ1) is 12.3. The molecule has 0 N–H and O–H groups in total. The van der Waals surface area contributed by atoms with E-state index in [0.717, 1.165) is 28.6 Å². The number of aryl methyl sites for hydroxylation is 1. The van der Waals surface area contributed by atoms with Gasteiger partial charge in [0.25, 0.3) is 0 Å². The molecule has 0 saturated carbocycles. The summed E-state index contributed by atoms with van der Waals surface area (Å²) in [5, 5.41) is 0.839. The molecule has 1 heterocycles. The number of alkyl halides is 3. The van der Waals surface area contributed by atoms with Crippen LogP contribution in [-0.4, -0.2) is 17.1 Å². The lowest BCUT2D eigenvalue weighted by atomic mass is 10.1. The molecule has 0 atom stereocenters. The Bertz CT molecular complexity index is 957. The summed E-state index contributed by atoms with van der Waals surface area (Å²) < 4.78 is 45.7. The Balaban J connectivity index is 2.10. The first-order valence-corrected chi connectivity index (χ1v) is 8.22. The smallest absolute Gasteiger partial charge is 0.416 e. The van der Waals surface area contributed by atoms with E-state index in [1.54, 1.807) is 23.6 Å². The van der Waals surface area contributed by atoms with Crippen molar-refractivity contribution >= 4 is 16.9 Å². The molecule has 136 valence electrons. The van der Waals surface area contributed by atoms with Crippen LogP contribution in [0.1, 0.15) is 34.1 Å². The highest BCUT2D eigenvalue weighted by molar-refractivity contribution is 5.96. The fraction of sp³-hybridized carbons (Fsp3) is 0.250. The second-order valence-corrected chi connectivity index (χ2v) is 6.10. The summed E-state index contributed by atoms with van der Waals surface area (Å²) in [6.45, 7) is 4.00.